The number of amides is 1. The summed E-state index contributed by atoms with van der Waals surface area (Å²) in [7, 11) is 0. The van der Waals surface area contributed by atoms with Crippen LogP contribution in [0.5, 0.6) is 0 Å². The lowest BCUT2D eigenvalue weighted by molar-refractivity contribution is -0.385. The lowest BCUT2D eigenvalue weighted by Crippen LogP contribution is -2.54. The second-order valence-electron chi connectivity index (χ2n) is 5.63. The van der Waals surface area contributed by atoms with Crippen LogP contribution >= 0.6 is 0 Å². The minimum Gasteiger partial charge on any atom is -0.371 e. The molecule has 1 amide bonds. The van der Waals surface area contributed by atoms with Gasteiger partial charge < -0.3 is 10.2 Å². The third kappa shape index (κ3) is 2.81. The van der Waals surface area contributed by atoms with Gasteiger partial charge in [-0.05, 0) is 24.8 Å². The van der Waals surface area contributed by atoms with Crippen LogP contribution in [-0.4, -0.2) is 30.0 Å². The number of nitro groups is 1. The number of rotatable bonds is 2. The number of piperidine rings is 2. The molecule has 2 aliphatic heterocycles. The largest absolute Gasteiger partial charge is 0.371 e. The normalized spacial score (nSPS) is 25.2. The van der Waals surface area contributed by atoms with Gasteiger partial charge in [0.25, 0.3) is 5.69 Å². The predicted molar refractivity (Wildman–Crippen MR) is 74.5 cm³/mol. The zero-order valence-electron chi connectivity index (χ0n) is 11.4. The summed E-state index contributed by atoms with van der Waals surface area (Å²) in [5.74, 6) is -0.192. The molecule has 1 aromatic rings. The van der Waals surface area contributed by atoms with Gasteiger partial charge in [0.2, 0.25) is 5.91 Å². The minimum absolute atomic E-state index is 0.0890. The number of benzene rings is 1. The third-order valence-corrected chi connectivity index (χ3v) is 4.27. The number of nitrogens with one attached hydrogen (secondary N) is 1. The fourth-order valence-electron chi connectivity index (χ4n) is 3.19. The van der Waals surface area contributed by atoms with Crippen molar-refractivity contribution in [1.82, 2.24) is 5.32 Å². The Labute approximate surface area is 121 Å². The van der Waals surface area contributed by atoms with E-state index in [-0.39, 0.29) is 17.6 Å². The molecule has 21 heavy (non-hydrogen) atoms. The first kappa shape index (κ1) is 13.8. The number of nitro benzene ring substituents is 1. The number of anilines is 1. The van der Waals surface area contributed by atoms with Crippen LogP contribution in [-0.2, 0) is 4.79 Å². The molecule has 1 N–H and O–H groups in total. The smallest absolute Gasteiger partial charge is 0.274 e. The van der Waals surface area contributed by atoms with E-state index in [9.17, 15) is 19.3 Å². The number of carbonyl (C=O) groups is 1. The number of fused-ring (bicyclic) bond motifs is 1. The maximum Gasteiger partial charge on any atom is 0.274 e. The van der Waals surface area contributed by atoms with Crippen LogP contribution in [0.15, 0.2) is 18.2 Å². The molecule has 0 saturated carbocycles. The van der Waals surface area contributed by atoms with Gasteiger partial charge in [-0.1, -0.05) is 0 Å². The average molecular weight is 293 g/mol. The van der Waals surface area contributed by atoms with E-state index in [1.54, 1.807) is 0 Å². The lowest BCUT2D eigenvalue weighted by Gasteiger charge is -2.42. The van der Waals surface area contributed by atoms with E-state index in [0.29, 0.717) is 31.1 Å². The minimum atomic E-state index is -0.599. The molecule has 2 heterocycles. The molecule has 0 radical (unpaired) electrons. The van der Waals surface area contributed by atoms with E-state index in [2.05, 4.69) is 5.32 Å². The van der Waals surface area contributed by atoms with Crippen molar-refractivity contribution < 1.29 is 14.1 Å². The molecular formula is C14H16FN3O3. The highest BCUT2D eigenvalue weighted by atomic mass is 19.1. The van der Waals surface area contributed by atoms with Crippen molar-refractivity contribution in [2.24, 2.45) is 5.92 Å². The summed E-state index contributed by atoms with van der Waals surface area (Å²) in [5, 5.41) is 13.8. The molecule has 0 spiro atoms. The fourth-order valence-corrected chi connectivity index (χ4v) is 3.19. The van der Waals surface area contributed by atoms with Crippen molar-refractivity contribution in [3.05, 3.63) is 34.1 Å². The Kier molecular flexibility index (Phi) is 3.48. The van der Waals surface area contributed by atoms with Crippen molar-refractivity contribution in [2.75, 3.05) is 18.0 Å². The molecule has 0 bridgehead atoms. The molecule has 3 rings (SSSR count). The van der Waals surface area contributed by atoms with Crippen LogP contribution in [0.4, 0.5) is 15.8 Å². The van der Waals surface area contributed by atoms with Gasteiger partial charge in [-0.2, -0.15) is 0 Å². The molecule has 112 valence electrons. The highest BCUT2D eigenvalue weighted by molar-refractivity contribution is 5.77. The van der Waals surface area contributed by atoms with E-state index in [0.717, 1.165) is 18.9 Å². The zero-order chi connectivity index (χ0) is 15.0. The first-order valence-electron chi connectivity index (χ1n) is 7.02. The Morgan fingerprint density at radius 3 is 2.90 bits per heavy atom. The quantitative estimate of drug-likeness (QED) is 0.667. The highest BCUT2D eigenvalue weighted by Crippen LogP contribution is 2.30. The topological polar surface area (TPSA) is 75.5 Å². The van der Waals surface area contributed by atoms with E-state index in [1.807, 2.05) is 4.90 Å². The van der Waals surface area contributed by atoms with Crippen LogP contribution < -0.4 is 10.2 Å². The van der Waals surface area contributed by atoms with Crippen molar-refractivity contribution in [3.8, 4) is 0 Å². The maximum atomic E-state index is 13.5. The molecule has 2 saturated heterocycles. The van der Waals surface area contributed by atoms with Crippen molar-refractivity contribution in [2.45, 2.75) is 25.3 Å². The second-order valence-corrected chi connectivity index (χ2v) is 5.63. The molecule has 2 aliphatic rings. The monoisotopic (exact) mass is 293 g/mol. The number of halogens is 1. The SMILES string of the molecule is O=C1CCC2CN(c3cc(F)cc([N+](=O)[O-])c3)CCC2N1. The van der Waals surface area contributed by atoms with Crippen molar-refractivity contribution in [3.63, 3.8) is 0 Å². The van der Waals surface area contributed by atoms with Gasteiger partial charge in [-0.25, -0.2) is 4.39 Å². The van der Waals surface area contributed by atoms with Gasteiger partial charge in [0, 0.05) is 37.3 Å². The van der Waals surface area contributed by atoms with Crippen molar-refractivity contribution in [1.29, 1.82) is 0 Å². The van der Waals surface area contributed by atoms with E-state index in [4.69, 9.17) is 0 Å². The van der Waals surface area contributed by atoms with Gasteiger partial charge in [-0.15, -0.1) is 0 Å². The predicted octanol–water partition coefficient (Wildman–Crippen LogP) is 1.84. The summed E-state index contributed by atoms with van der Waals surface area (Å²) in [6, 6.07) is 3.84. The number of nitrogens with zero attached hydrogens (tertiary/aromatic N) is 2. The van der Waals surface area contributed by atoms with Gasteiger partial charge in [0.1, 0.15) is 5.82 Å². The van der Waals surface area contributed by atoms with Crippen LogP contribution in [0.25, 0.3) is 0 Å². The second kappa shape index (κ2) is 5.31. The Bertz CT molecular complexity index is 593. The van der Waals surface area contributed by atoms with Crippen LogP contribution in [0, 0.1) is 21.8 Å². The van der Waals surface area contributed by atoms with Gasteiger partial charge in [-0.3, -0.25) is 14.9 Å². The van der Waals surface area contributed by atoms with Gasteiger partial charge in [0.15, 0.2) is 0 Å². The van der Waals surface area contributed by atoms with E-state index >= 15 is 0 Å². The molecule has 6 nitrogen and oxygen atoms in total. The van der Waals surface area contributed by atoms with E-state index < -0.39 is 10.7 Å². The standard InChI is InChI=1S/C14H16FN3O3/c15-10-5-11(7-12(6-10)18(20)21)17-4-3-13-9(8-17)1-2-14(19)16-13/h5-7,9,13H,1-4,8H2,(H,16,19). The van der Waals surface area contributed by atoms with Crippen LogP contribution in [0.2, 0.25) is 0 Å². The first-order valence-corrected chi connectivity index (χ1v) is 7.02. The van der Waals surface area contributed by atoms with E-state index in [1.165, 1.54) is 12.1 Å². The highest BCUT2D eigenvalue weighted by Gasteiger charge is 2.34. The third-order valence-electron chi connectivity index (χ3n) is 4.27. The van der Waals surface area contributed by atoms with Gasteiger partial charge >= 0.3 is 0 Å². The summed E-state index contributed by atoms with van der Waals surface area (Å²) in [6.45, 7) is 1.34. The molecule has 2 atom stereocenters. The first-order chi connectivity index (χ1) is 10.0. The Morgan fingerprint density at radius 1 is 1.33 bits per heavy atom. The van der Waals surface area contributed by atoms with Crippen LogP contribution in [0.1, 0.15) is 19.3 Å². The summed E-state index contributed by atoms with van der Waals surface area (Å²) in [6.07, 6.45) is 2.10. The Hall–Kier alpha value is -2.18. The molecule has 7 heteroatoms. The molecule has 2 unspecified atom stereocenters. The fraction of sp³-hybridized carbons (Fsp3) is 0.500. The summed E-state index contributed by atoms with van der Waals surface area (Å²) in [4.78, 5) is 23.6. The summed E-state index contributed by atoms with van der Waals surface area (Å²) in [5.41, 5.74) is 0.307. The molecular weight excluding hydrogens is 277 g/mol. The number of carbonyl (C=O) groups excluding carboxylic acids is 1. The number of hydrogen-bond donors (Lipinski definition) is 1. The van der Waals surface area contributed by atoms with Gasteiger partial charge in [0.05, 0.1) is 11.0 Å². The molecule has 0 aliphatic carbocycles. The lowest BCUT2D eigenvalue weighted by atomic mass is 9.85. The summed E-state index contributed by atoms with van der Waals surface area (Å²) >= 11 is 0. The molecule has 2 fully saturated rings. The number of hydrogen-bond acceptors (Lipinski definition) is 4. The average Bonchev–Trinajstić information content (AvgIpc) is 2.46. The Morgan fingerprint density at radius 2 is 2.14 bits per heavy atom. The summed E-state index contributed by atoms with van der Waals surface area (Å²) < 4.78 is 13.5. The Balaban J connectivity index is 1.79. The van der Waals surface area contributed by atoms with Crippen molar-refractivity contribution >= 4 is 17.3 Å². The molecule has 1 aromatic carbocycles. The number of non-ortho nitro benzene ring substituents is 1. The van der Waals surface area contributed by atoms with Crippen LogP contribution in [0.3, 0.4) is 0 Å². The molecule has 0 aromatic heterocycles. The maximum absolute atomic E-state index is 13.5. The zero-order valence-corrected chi connectivity index (χ0v) is 11.4.